The van der Waals surface area contributed by atoms with Crippen LogP contribution in [0, 0.1) is 0 Å². The van der Waals surface area contributed by atoms with Crippen LogP contribution < -0.4 is 5.14 Å². The van der Waals surface area contributed by atoms with E-state index in [2.05, 4.69) is 5.16 Å². The van der Waals surface area contributed by atoms with Gasteiger partial charge >= 0.3 is 0 Å². The number of benzene rings is 1. The summed E-state index contributed by atoms with van der Waals surface area (Å²) in [6, 6.07) is 10.4. The number of hydrogen-bond acceptors (Lipinski definition) is 5. The lowest BCUT2D eigenvalue weighted by atomic mass is 10.1. The molecule has 0 amide bonds. The van der Waals surface area contributed by atoms with Gasteiger partial charge in [0, 0.05) is 10.9 Å². The molecule has 0 atom stereocenters. The van der Waals surface area contributed by atoms with Crippen molar-refractivity contribution in [3.05, 3.63) is 52.2 Å². The van der Waals surface area contributed by atoms with E-state index < -0.39 is 10.0 Å². The van der Waals surface area contributed by atoms with Crippen molar-refractivity contribution in [3.8, 4) is 0 Å². The van der Waals surface area contributed by atoms with Gasteiger partial charge in [-0.25, -0.2) is 13.6 Å². The van der Waals surface area contributed by atoms with Crippen molar-refractivity contribution in [3.63, 3.8) is 0 Å². The standard InChI is InChI=1S/C11H10N2O3S2/c12-18(15,16)9-6-10(17-7-9)11(13-14)8-4-2-1-3-5-8/h1-7,14H,(H2,12,15,16)/b13-11+. The third-order valence-corrected chi connectivity index (χ3v) is 4.26. The summed E-state index contributed by atoms with van der Waals surface area (Å²) in [4.78, 5) is 0.548. The molecule has 2 rings (SSSR count). The molecule has 2 aromatic rings. The van der Waals surface area contributed by atoms with E-state index in [1.54, 1.807) is 24.3 Å². The summed E-state index contributed by atoms with van der Waals surface area (Å²) in [6.07, 6.45) is 0. The normalized spacial score (nSPS) is 12.6. The summed E-state index contributed by atoms with van der Waals surface area (Å²) < 4.78 is 22.4. The molecule has 0 aliphatic rings. The molecule has 0 saturated carbocycles. The highest BCUT2D eigenvalue weighted by molar-refractivity contribution is 7.89. The Morgan fingerprint density at radius 1 is 1.28 bits per heavy atom. The van der Waals surface area contributed by atoms with Crippen LogP contribution in [0.4, 0.5) is 0 Å². The van der Waals surface area contributed by atoms with Crippen LogP contribution in [-0.4, -0.2) is 19.3 Å². The van der Waals surface area contributed by atoms with Crippen LogP contribution in [0.15, 0.2) is 51.8 Å². The highest BCUT2D eigenvalue weighted by atomic mass is 32.2. The molecule has 0 radical (unpaired) electrons. The van der Waals surface area contributed by atoms with Gasteiger partial charge in [-0.2, -0.15) is 0 Å². The minimum atomic E-state index is -3.73. The first-order valence-corrected chi connectivity index (χ1v) is 7.34. The van der Waals surface area contributed by atoms with Gasteiger partial charge in [0.15, 0.2) is 0 Å². The molecule has 0 spiro atoms. The summed E-state index contributed by atoms with van der Waals surface area (Å²) in [5.41, 5.74) is 1.01. The lowest BCUT2D eigenvalue weighted by Crippen LogP contribution is -2.11. The van der Waals surface area contributed by atoms with E-state index >= 15 is 0 Å². The lowest BCUT2D eigenvalue weighted by Gasteiger charge is -2.00. The molecule has 94 valence electrons. The van der Waals surface area contributed by atoms with Crippen LogP contribution in [0.3, 0.4) is 0 Å². The Labute approximate surface area is 108 Å². The maximum atomic E-state index is 11.2. The number of primary sulfonamides is 1. The number of hydrogen-bond donors (Lipinski definition) is 2. The molecule has 0 aliphatic heterocycles. The van der Waals surface area contributed by atoms with Crippen molar-refractivity contribution in [2.75, 3.05) is 0 Å². The lowest BCUT2D eigenvalue weighted by molar-refractivity contribution is 0.320. The van der Waals surface area contributed by atoms with Crippen LogP contribution in [0.1, 0.15) is 10.4 Å². The van der Waals surface area contributed by atoms with E-state index in [-0.39, 0.29) is 4.90 Å². The maximum Gasteiger partial charge on any atom is 0.238 e. The van der Waals surface area contributed by atoms with Crippen molar-refractivity contribution in [1.82, 2.24) is 0 Å². The maximum absolute atomic E-state index is 11.2. The van der Waals surface area contributed by atoms with Gasteiger partial charge in [0.05, 0.1) is 9.77 Å². The second kappa shape index (κ2) is 4.89. The van der Waals surface area contributed by atoms with Crippen LogP contribution in [-0.2, 0) is 10.0 Å². The molecule has 0 saturated heterocycles. The summed E-state index contributed by atoms with van der Waals surface area (Å²) >= 11 is 1.15. The molecule has 1 aromatic heterocycles. The zero-order chi connectivity index (χ0) is 13.2. The van der Waals surface area contributed by atoms with Crippen molar-refractivity contribution in [2.45, 2.75) is 4.90 Å². The second-order valence-corrected chi connectivity index (χ2v) is 5.98. The number of rotatable bonds is 3. The van der Waals surface area contributed by atoms with Gasteiger partial charge in [0.2, 0.25) is 10.0 Å². The quantitative estimate of drug-likeness (QED) is 0.509. The predicted octanol–water partition coefficient (Wildman–Crippen LogP) is 1.62. The first kappa shape index (κ1) is 12.7. The minimum Gasteiger partial charge on any atom is -0.410 e. The number of nitrogens with two attached hydrogens (primary N) is 1. The first-order valence-electron chi connectivity index (χ1n) is 4.91. The minimum absolute atomic E-state index is 0.0135. The molecule has 1 aromatic carbocycles. The SMILES string of the molecule is NS(=O)(=O)c1csc(/C(=N/O)c2ccccc2)c1. The van der Waals surface area contributed by atoms with Gasteiger partial charge < -0.3 is 5.21 Å². The molecule has 7 heteroatoms. The molecule has 5 nitrogen and oxygen atoms in total. The van der Waals surface area contributed by atoms with E-state index in [0.717, 1.165) is 11.3 Å². The molecule has 1 heterocycles. The van der Waals surface area contributed by atoms with E-state index in [1.807, 2.05) is 6.07 Å². The van der Waals surface area contributed by atoms with Gasteiger partial charge in [-0.05, 0) is 6.07 Å². The van der Waals surface area contributed by atoms with Crippen molar-refractivity contribution < 1.29 is 13.6 Å². The van der Waals surface area contributed by atoms with Gasteiger partial charge in [-0.15, -0.1) is 11.3 Å². The number of oxime groups is 1. The second-order valence-electron chi connectivity index (χ2n) is 3.51. The Hall–Kier alpha value is -1.70. The molecule has 18 heavy (non-hydrogen) atoms. The van der Waals surface area contributed by atoms with E-state index in [9.17, 15) is 8.42 Å². The topological polar surface area (TPSA) is 92.8 Å². The van der Waals surface area contributed by atoms with E-state index in [4.69, 9.17) is 10.3 Å². The molecule has 0 fully saturated rings. The molecular weight excluding hydrogens is 272 g/mol. The number of thiophene rings is 1. The third-order valence-electron chi connectivity index (χ3n) is 2.28. The molecular formula is C11H10N2O3S2. The zero-order valence-corrected chi connectivity index (χ0v) is 10.8. The zero-order valence-electron chi connectivity index (χ0n) is 9.15. The smallest absolute Gasteiger partial charge is 0.238 e. The molecule has 0 bridgehead atoms. The number of nitrogens with zero attached hydrogens (tertiary/aromatic N) is 1. The Kier molecular flexibility index (Phi) is 3.46. The van der Waals surface area contributed by atoms with Crippen molar-refractivity contribution >= 4 is 27.1 Å². The summed E-state index contributed by atoms with van der Waals surface area (Å²) in [5, 5.41) is 18.7. The van der Waals surface area contributed by atoms with Crippen LogP contribution in [0.25, 0.3) is 0 Å². The van der Waals surface area contributed by atoms with Gasteiger partial charge in [0.1, 0.15) is 5.71 Å². The Bertz CT molecular complexity index is 675. The third kappa shape index (κ3) is 2.58. The van der Waals surface area contributed by atoms with Crippen molar-refractivity contribution in [2.24, 2.45) is 10.3 Å². The molecule has 0 aliphatic carbocycles. The highest BCUT2D eigenvalue weighted by Gasteiger charge is 2.15. The Morgan fingerprint density at radius 3 is 2.44 bits per heavy atom. The summed E-state index contributed by atoms with van der Waals surface area (Å²) in [6.45, 7) is 0. The van der Waals surface area contributed by atoms with Crippen molar-refractivity contribution in [1.29, 1.82) is 0 Å². The van der Waals surface area contributed by atoms with Crippen LogP contribution in [0.2, 0.25) is 0 Å². The predicted molar refractivity (Wildman–Crippen MR) is 69.6 cm³/mol. The Balaban J connectivity index is 2.45. The monoisotopic (exact) mass is 282 g/mol. The molecule has 3 N–H and O–H groups in total. The number of sulfonamides is 1. The largest absolute Gasteiger partial charge is 0.410 e. The van der Waals surface area contributed by atoms with Gasteiger partial charge in [0.25, 0.3) is 0 Å². The van der Waals surface area contributed by atoms with Gasteiger partial charge in [-0.1, -0.05) is 35.5 Å². The Morgan fingerprint density at radius 2 is 1.94 bits per heavy atom. The van der Waals surface area contributed by atoms with Crippen LogP contribution in [0.5, 0.6) is 0 Å². The summed E-state index contributed by atoms with van der Waals surface area (Å²) in [7, 11) is -3.73. The summed E-state index contributed by atoms with van der Waals surface area (Å²) in [5.74, 6) is 0. The fourth-order valence-corrected chi connectivity index (χ4v) is 3.25. The first-order chi connectivity index (χ1) is 8.52. The average Bonchev–Trinajstić information content (AvgIpc) is 2.81. The average molecular weight is 282 g/mol. The highest BCUT2D eigenvalue weighted by Crippen LogP contribution is 2.21. The fraction of sp³-hybridized carbons (Fsp3) is 0. The van der Waals surface area contributed by atoms with Gasteiger partial charge in [-0.3, -0.25) is 0 Å². The molecule has 0 unspecified atom stereocenters. The van der Waals surface area contributed by atoms with E-state index in [1.165, 1.54) is 11.4 Å². The van der Waals surface area contributed by atoms with E-state index in [0.29, 0.717) is 16.2 Å². The van der Waals surface area contributed by atoms with Crippen LogP contribution >= 0.6 is 11.3 Å². The fourth-order valence-electron chi connectivity index (χ4n) is 1.44.